The van der Waals surface area contributed by atoms with Crippen LogP contribution >= 0.6 is 12.2 Å². The number of aliphatic hydroxyl groups is 2. The van der Waals surface area contributed by atoms with Gasteiger partial charge in [0.05, 0.1) is 18.8 Å². The van der Waals surface area contributed by atoms with E-state index in [1.165, 1.54) is 4.90 Å². The third kappa shape index (κ3) is 3.13. The maximum atomic E-state index is 12.0. The first kappa shape index (κ1) is 12.8. The topological polar surface area (TPSA) is 76.6 Å². The van der Waals surface area contributed by atoms with E-state index in [1.807, 2.05) is 0 Å². The van der Waals surface area contributed by atoms with Crippen LogP contribution in [0.4, 0.5) is 0 Å². The summed E-state index contributed by atoms with van der Waals surface area (Å²) < 4.78 is 0.355. The van der Waals surface area contributed by atoms with E-state index in [2.05, 4.69) is 4.98 Å². The number of aromatic nitrogens is 1. The number of H-pyrrole nitrogens is 1. The zero-order chi connectivity index (χ0) is 12.0. The number of hydrogen-bond donors (Lipinski definition) is 3. The lowest BCUT2D eigenvalue weighted by Gasteiger charge is -2.20. The molecule has 0 radical (unpaired) electrons. The molecule has 1 heterocycles. The number of nitrogens with one attached hydrogen (secondary N) is 1. The van der Waals surface area contributed by atoms with Gasteiger partial charge in [-0.25, -0.2) is 0 Å². The van der Waals surface area contributed by atoms with Gasteiger partial charge < -0.3 is 20.1 Å². The maximum absolute atomic E-state index is 12.0. The third-order valence-electron chi connectivity index (χ3n) is 2.08. The number of carbonyl (C=O) groups excluding carboxylic acids is 1. The summed E-state index contributed by atoms with van der Waals surface area (Å²) in [7, 11) is 0. The number of amides is 1. The molecule has 0 saturated heterocycles. The lowest BCUT2D eigenvalue weighted by atomic mass is 10.2. The second kappa shape index (κ2) is 6.37. The predicted octanol–water partition coefficient (Wildman–Crippen LogP) is 0.171. The molecular weight excluding hydrogens is 228 g/mol. The number of aromatic amines is 1. The molecule has 1 amide bonds. The average Bonchev–Trinajstić information content (AvgIpc) is 2.28. The fourth-order valence-electron chi connectivity index (χ4n) is 1.32. The van der Waals surface area contributed by atoms with E-state index in [9.17, 15) is 4.79 Å². The molecule has 0 aliphatic rings. The van der Waals surface area contributed by atoms with E-state index in [0.717, 1.165) is 0 Å². The number of rotatable bonds is 5. The van der Waals surface area contributed by atoms with E-state index < -0.39 is 0 Å². The van der Waals surface area contributed by atoms with Gasteiger partial charge in [0.25, 0.3) is 5.91 Å². The van der Waals surface area contributed by atoms with Gasteiger partial charge in [0, 0.05) is 19.3 Å². The summed E-state index contributed by atoms with van der Waals surface area (Å²) in [5.41, 5.74) is 0.374. The fourth-order valence-corrected chi connectivity index (χ4v) is 1.54. The molecule has 0 bridgehead atoms. The Bertz CT molecular complexity index is 399. The van der Waals surface area contributed by atoms with Crippen molar-refractivity contribution >= 4 is 18.1 Å². The molecule has 1 aromatic heterocycles. The van der Waals surface area contributed by atoms with Gasteiger partial charge in [-0.2, -0.15) is 0 Å². The molecule has 0 aromatic carbocycles. The molecule has 0 atom stereocenters. The van der Waals surface area contributed by atoms with Crippen molar-refractivity contribution < 1.29 is 15.0 Å². The number of pyridine rings is 1. The quantitative estimate of drug-likeness (QED) is 0.643. The van der Waals surface area contributed by atoms with Crippen molar-refractivity contribution in [3.05, 3.63) is 28.5 Å². The molecule has 0 aliphatic carbocycles. The Balaban J connectivity index is 2.90. The van der Waals surface area contributed by atoms with Crippen molar-refractivity contribution in [3.63, 3.8) is 0 Å². The number of aliphatic hydroxyl groups excluding tert-OH is 2. The Labute approximate surface area is 98.3 Å². The molecule has 0 unspecified atom stereocenters. The summed E-state index contributed by atoms with van der Waals surface area (Å²) in [6.45, 7) is 0.0796. The van der Waals surface area contributed by atoms with Gasteiger partial charge >= 0.3 is 0 Å². The largest absolute Gasteiger partial charge is 0.395 e. The van der Waals surface area contributed by atoms with Crippen LogP contribution in [0.25, 0.3) is 0 Å². The van der Waals surface area contributed by atoms with Crippen LogP contribution in [0.15, 0.2) is 18.3 Å². The number of nitrogens with zero attached hydrogens (tertiary/aromatic N) is 1. The minimum atomic E-state index is -0.287. The van der Waals surface area contributed by atoms with Crippen molar-refractivity contribution in [1.82, 2.24) is 9.88 Å². The van der Waals surface area contributed by atoms with Crippen LogP contribution in [-0.2, 0) is 0 Å². The summed E-state index contributed by atoms with van der Waals surface area (Å²) in [6, 6.07) is 3.29. The van der Waals surface area contributed by atoms with Crippen LogP contribution in [0.2, 0.25) is 0 Å². The normalized spacial score (nSPS) is 10.1. The van der Waals surface area contributed by atoms with Crippen LogP contribution < -0.4 is 0 Å². The Kier molecular flexibility index (Phi) is 5.10. The van der Waals surface area contributed by atoms with Crippen LogP contribution in [-0.4, -0.2) is 52.3 Å². The van der Waals surface area contributed by atoms with Crippen molar-refractivity contribution in [1.29, 1.82) is 0 Å². The van der Waals surface area contributed by atoms with Gasteiger partial charge in [0.2, 0.25) is 0 Å². The van der Waals surface area contributed by atoms with Gasteiger partial charge in [0.1, 0.15) is 4.64 Å². The smallest absolute Gasteiger partial charge is 0.257 e. The molecule has 0 aliphatic heterocycles. The van der Waals surface area contributed by atoms with Crippen LogP contribution in [0.5, 0.6) is 0 Å². The van der Waals surface area contributed by atoms with E-state index in [0.29, 0.717) is 10.2 Å². The van der Waals surface area contributed by atoms with Crippen molar-refractivity contribution in [2.45, 2.75) is 0 Å². The highest BCUT2D eigenvalue weighted by Gasteiger charge is 2.15. The Morgan fingerprint density at radius 2 is 2.00 bits per heavy atom. The van der Waals surface area contributed by atoms with Crippen LogP contribution in [0, 0.1) is 4.64 Å². The number of hydrogen-bond acceptors (Lipinski definition) is 4. The van der Waals surface area contributed by atoms with Crippen molar-refractivity contribution in [2.24, 2.45) is 0 Å². The summed E-state index contributed by atoms with van der Waals surface area (Å²) >= 11 is 4.99. The number of carbonyl (C=O) groups is 1. The van der Waals surface area contributed by atoms with Crippen molar-refractivity contribution in [2.75, 3.05) is 26.3 Å². The second-order valence-corrected chi connectivity index (χ2v) is 3.56. The molecule has 16 heavy (non-hydrogen) atoms. The average molecular weight is 242 g/mol. The Morgan fingerprint density at radius 3 is 2.50 bits per heavy atom. The minimum absolute atomic E-state index is 0.144. The Hall–Kier alpha value is -1.24. The van der Waals surface area contributed by atoms with Gasteiger partial charge in [-0.1, -0.05) is 12.2 Å². The monoisotopic (exact) mass is 242 g/mol. The van der Waals surface area contributed by atoms with Crippen molar-refractivity contribution in [3.8, 4) is 0 Å². The molecule has 6 heteroatoms. The fraction of sp³-hybridized carbons (Fsp3) is 0.400. The first-order chi connectivity index (χ1) is 7.70. The molecule has 1 aromatic rings. The maximum Gasteiger partial charge on any atom is 0.257 e. The molecule has 1 rings (SSSR count). The van der Waals surface area contributed by atoms with E-state index in [-0.39, 0.29) is 32.2 Å². The van der Waals surface area contributed by atoms with Crippen LogP contribution in [0.1, 0.15) is 10.4 Å². The highest BCUT2D eigenvalue weighted by Crippen LogP contribution is 2.05. The Morgan fingerprint density at radius 1 is 1.38 bits per heavy atom. The summed E-state index contributed by atoms with van der Waals surface area (Å²) in [5, 5.41) is 17.6. The van der Waals surface area contributed by atoms with Crippen LogP contribution in [0.3, 0.4) is 0 Å². The third-order valence-corrected chi connectivity index (χ3v) is 2.41. The molecule has 0 saturated carbocycles. The molecule has 5 nitrogen and oxygen atoms in total. The second-order valence-electron chi connectivity index (χ2n) is 3.15. The SMILES string of the molecule is O=C(c1ccc[nH]c1=S)N(CCO)CCO. The zero-order valence-electron chi connectivity index (χ0n) is 8.72. The van der Waals surface area contributed by atoms with E-state index >= 15 is 0 Å². The zero-order valence-corrected chi connectivity index (χ0v) is 9.54. The molecule has 0 spiro atoms. The first-order valence-electron chi connectivity index (χ1n) is 4.89. The molecule has 88 valence electrons. The predicted molar refractivity (Wildman–Crippen MR) is 61.7 cm³/mol. The molecular formula is C10H14N2O3S. The van der Waals surface area contributed by atoms with Gasteiger partial charge in [-0.05, 0) is 12.1 Å². The molecule has 3 N–H and O–H groups in total. The highest BCUT2D eigenvalue weighted by molar-refractivity contribution is 7.71. The van der Waals surface area contributed by atoms with Gasteiger partial charge in [0.15, 0.2) is 0 Å². The lowest BCUT2D eigenvalue weighted by Crippen LogP contribution is -2.36. The summed E-state index contributed by atoms with van der Waals surface area (Å²) in [6.07, 6.45) is 1.64. The summed E-state index contributed by atoms with van der Waals surface area (Å²) in [4.78, 5) is 16.1. The molecule has 0 fully saturated rings. The van der Waals surface area contributed by atoms with Gasteiger partial charge in [-0.3, -0.25) is 4.79 Å². The standard InChI is InChI=1S/C10H14N2O3S/c13-6-4-12(5-7-14)10(15)8-2-1-3-11-9(8)16/h1-3,13-14H,4-7H2,(H,11,16). The lowest BCUT2D eigenvalue weighted by molar-refractivity contribution is 0.0684. The first-order valence-corrected chi connectivity index (χ1v) is 5.30. The highest BCUT2D eigenvalue weighted by atomic mass is 32.1. The van der Waals surface area contributed by atoms with E-state index in [4.69, 9.17) is 22.4 Å². The van der Waals surface area contributed by atoms with Gasteiger partial charge in [-0.15, -0.1) is 0 Å². The van der Waals surface area contributed by atoms with E-state index in [1.54, 1.807) is 18.3 Å². The minimum Gasteiger partial charge on any atom is -0.395 e. The summed E-state index contributed by atoms with van der Waals surface area (Å²) in [5.74, 6) is -0.287.